The van der Waals surface area contributed by atoms with E-state index >= 15 is 0 Å². The van der Waals surface area contributed by atoms with Crippen molar-refractivity contribution in [2.24, 2.45) is 0 Å². The van der Waals surface area contributed by atoms with Crippen molar-refractivity contribution >= 4 is 23.3 Å². The maximum Gasteiger partial charge on any atom is 0.270 e. The van der Waals surface area contributed by atoms with Gasteiger partial charge in [0.25, 0.3) is 5.91 Å². The number of Topliss-reactive ketones (excluding diaryl/α,β-unsaturated/α-hetero) is 1. The van der Waals surface area contributed by atoms with Gasteiger partial charge in [0.05, 0.1) is 0 Å². The van der Waals surface area contributed by atoms with Crippen molar-refractivity contribution in [2.75, 3.05) is 5.32 Å². The molecular weight excluding hydrogens is 292 g/mol. The number of aromatic nitrogens is 2. The smallest absolute Gasteiger partial charge is 0.270 e. The molecule has 2 rings (SSSR count). The minimum atomic E-state index is -0.236. The van der Waals surface area contributed by atoms with E-state index in [2.05, 4.69) is 20.6 Å². The average Bonchev–Trinajstić information content (AvgIpc) is 2.46. The number of benzene rings is 1. The number of amides is 1. The number of nitrogens with one attached hydrogen (secondary N) is 2. The summed E-state index contributed by atoms with van der Waals surface area (Å²) in [4.78, 5) is 31.9. The Morgan fingerprint density at radius 3 is 2.30 bits per heavy atom. The van der Waals surface area contributed by atoms with Gasteiger partial charge in [-0.1, -0.05) is 0 Å². The number of carbonyl (C=O) groups is 2. The molecule has 0 aliphatic rings. The third-order valence-electron chi connectivity index (χ3n) is 3.05. The first-order chi connectivity index (χ1) is 10.8. The highest BCUT2D eigenvalue weighted by atomic mass is 16.2. The molecule has 0 unspecified atom stereocenters. The zero-order valence-electron chi connectivity index (χ0n) is 13.7. The maximum absolute atomic E-state index is 12.1. The minimum Gasteiger partial charge on any atom is -0.349 e. The van der Waals surface area contributed by atoms with Gasteiger partial charge in [-0.3, -0.25) is 9.59 Å². The lowest BCUT2D eigenvalue weighted by Crippen LogP contribution is -2.31. The summed E-state index contributed by atoms with van der Waals surface area (Å²) in [6, 6.07) is 8.68. The van der Waals surface area contributed by atoms with Crippen LogP contribution in [-0.2, 0) is 0 Å². The predicted molar refractivity (Wildman–Crippen MR) is 89.1 cm³/mol. The molecule has 6 nitrogen and oxygen atoms in total. The molecule has 1 aromatic carbocycles. The Bertz CT molecular complexity index is 724. The van der Waals surface area contributed by atoms with E-state index < -0.39 is 0 Å². The van der Waals surface area contributed by atoms with Gasteiger partial charge in [0.15, 0.2) is 5.78 Å². The molecule has 1 aromatic heterocycles. The quantitative estimate of drug-likeness (QED) is 0.829. The van der Waals surface area contributed by atoms with E-state index in [1.165, 1.54) is 6.92 Å². The van der Waals surface area contributed by atoms with Crippen molar-refractivity contribution in [3.05, 3.63) is 47.3 Å². The van der Waals surface area contributed by atoms with E-state index in [-0.39, 0.29) is 17.7 Å². The molecule has 1 heterocycles. The van der Waals surface area contributed by atoms with Crippen LogP contribution < -0.4 is 10.6 Å². The van der Waals surface area contributed by atoms with E-state index in [0.717, 1.165) is 5.69 Å². The number of anilines is 2. The largest absolute Gasteiger partial charge is 0.349 e. The monoisotopic (exact) mass is 312 g/mol. The maximum atomic E-state index is 12.1. The topological polar surface area (TPSA) is 84.0 Å². The third-order valence-corrected chi connectivity index (χ3v) is 3.05. The van der Waals surface area contributed by atoms with Gasteiger partial charge in [-0.15, -0.1) is 0 Å². The minimum absolute atomic E-state index is 0.0102. The molecule has 0 saturated heterocycles. The van der Waals surface area contributed by atoms with Crippen molar-refractivity contribution in [3.8, 4) is 0 Å². The van der Waals surface area contributed by atoms with Crippen LogP contribution in [0.3, 0.4) is 0 Å². The number of carbonyl (C=O) groups excluding carboxylic acids is 2. The number of hydrogen-bond donors (Lipinski definition) is 2. The Balaban J connectivity index is 2.21. The Morgan fingerprint density at radius 2 is 1.74 bits per heavy atom. The second-order valence-electron chi connectivity index (χ2n) is 5.60. The molecule has 0 saturated carbocycles. The molecule has 0 atom stereocenters. The van der Waals surface area contributed by atoms with Crippen molar-refractivity contribution in [3.63, 3.8) is 0 Å². The SMILES string of the molecule is CC(=O)c1ccc(Nc2nc(C)cc(C(=O)NC(C)C)n2)cc1. The molecule has 0 aliphatic heterocycles. The molecule has 0 bridgehead atoms. The van der Waals surface area contributed by atoms with Crippen LogP contribution in [0.1, 0.15) is 47.3 Å². The zero-order valence-corrected chi connectivity index (χ0v) is 13.7. The highest BCUT2D eigenvalue weighted by Crippen LogP contribution is 2.15. The second-order valence-corrected chi connectivity index (χ2v) is 5.60. The lowest BCUT2D eigenvalue weighted by Gasteiger charge is -2.10. The average molecular weight is 312 g/mol. The van der Waals surface area contributed by atoms with Crippen LogP contribution in [0.5, 0.6) is 0 Å². The summed E-state index contributed by atoms with van der Waals surface area (Å²) >= 11 is 0. The van der Waals surface area contributed by atoms with E-state index in [1.807, 2.05) is 13.8 Å². The molecule has 23 heavy (non-hydrogen) atoms. The van der Waals surface area contributed by atoms with Crippen LogP contribution in [0, 0.1) is 6.92 Å². The summed E-state index contributed by atoms with van der Waals surface area (Å²) in [5.41, 5.74) is 2.39. The summed E-state index contributed by atoms with van der Waals surface area (Å²) in [5, 5.41) is 5.85. The van der Waals surface area contributed by atoms with Crippen LogP contribution in [0.4, 0.5) is 11.6 Å². The number of hydrogen-bond acceptors (Lipinski definition) is 5. The van der Waals surface area contributed by atoms with Crippen molar-refractivity contribution in [1.82, 2.24) is 15.3 Å². The van der Waals surface area contributed by atoms with Crippen molar-refractivity contribution in [1.29, 1.82) is 0 Å². The van der Waals surface area contributed by atoms with Gasteiger partial charge in [0, 0.05) is 23.0 Å². The normalized spacial score (nSPS) is 10.5. The third kappa shape index (κ3) is 4.60. The molecule has 1 amide bonds. The highest BCUT2D eigenvalue weighted by Gasteiger charge is 2.11. The number of aryl methyl sites for hydroxylation is 1. The first-order valence-corrected chi connectivity index (χ1v) is 7.39. The number of rotatable bonds is 5. The first-order valence-electron chi connectivity index (χ1n) is 7.39. The van der Waals surface area contributed by atoms with E-state index in [9.17, 15) is 9.59 Å². The first kappa shape index (κ1) is 16.6. The number of ketones is 1. The second kappa shape index (κ2) is 7.00. The molecule has 0 aliphatic carbocycles. The van der Waals surface area contributed by atoms with E-state index in [0.29, 0.717) is 22.9 Å². The Morgan fingerprint density at radius 1 is 1.09 bits per heavy atom. The Hall–Kier alpha value is -2.76. The van der Waals surface area contributed by atoms with Gasteiger partial charge in [0.2, 0.25) is 5.95 Å². The lowest BCUT2D eigenvalue weighted by atomic mass is 10.1. The molecule has 6 heteroatoms. The summed E-state index contributed by atoms with van der Waals surface area (Å²) < 4.78 is 0. The van der Waals surface area contributed by atoms with Gasteiger partial charge in [-0.2, -0.15) is 0 Å². The number of nitrogens with zero attached hydrogens (tertiary/aromatic N) is 2. The summed E-state index contributed by atoms with van der Waals surface area (Å²) in [6.07, 6.45) is 0. The fourth-order valence-corrected chi connectivity index (χ4v) is 1.99. The molecule has 2 aromatic rings. The summed E-state index contributed by atoms with van der Waals surface area (Å²) in [5.74, 6) is 0.117. The van der Waals surface area contributed by atoms with Gasteiger partial charge >= 0.3 is 0 Å². The molecule has 0 radical (unpaired) electrons. The Labute approximate surface area is 135 Å². The molecule has 2 N–H and O–H groups in total. The fraction of sp³-hybridized carbons (Fsp3) is 0.294. The highest BCUT2D eigenvalue weighted by molar-refractivity contribution is 5.94. The van der Waals surface area contributed by atoms with Crippen LogP contribution in [0.2, 0.25) is 0 Å². The van der Waals surface area contributed by atoms with Gasteiger partial charge in [-0.05, 0) is 58.0 Å². The van der Waals surface area contributed by atoms with Gasteiger partial charge in [-0.25, -0.2) is 9.97 Å². The Kier molecular flexibility index (Phi) is 5.05. The standard InChI is InChI=1S/C17H20N4O2/c1-10(2)18-16(23)15-9-11(3)19-17(21-15)20-14-7-5-13(6-8-14)12(4)22/h5-10H,1-4H3,(H,18,23)(H,19,20,21). The molecule has 120 valence electrons. The van der Waals surface area contributed by atoms with Crippen LogP contribution in [0.25, 0.3) is 0 Å². The van der Waals surface area contributed by atoms with Crippen LogP contribution in [0.15, 0.2) is 30.3 Å². The van der Waals surface area contributed by atoms with E-state index in [1.54, 1.807) is 37.3 Å². The molecule has 0 fully saturated rings. The van der Waals surface area contributed by atoms with Crippen molar-refractivity contribution < 1.29 is 9.59 Å². The van der Waals surface area contributed by atoms with Gasteiger partial charge < -0.3 is 10.6 Å². The van der Waals surface area contributed by atoms with Gasteiger partial charge in [0.1, 0.15) is 5.69 Å². The van der Waals surface area contributed by atoms with E-state index in [4.69, 9.17) is 0 Å². The van der Waals surface area contributed by atoms with Crippen LogP contribution in [-0.4, -0.2) is 27.7 Å². The summed E-state index contributed by atoms with van der Waals surface area (Å²) in [6.45, 7) is 7.10. The lowest BCUT2D eigenvalue weighted by molar-refractivity contribution is 0.0937. The van der Waals surface area contributed by atoms with Crippen LogP contribution >= 0.6 is 0 Å². The zero-order chi connectivity index (χ0) is 17.0. The fourth-order valence-electron chi connectivity index (χ4n) is 1.99. The molecular formula is C17H20N4O2. The summed E-state index contributed by atoms with van der Waals surface area (Å²) in [7, 11) is 0. The van der Waals surface area contributed by atoms with Crippen molar-refractivity contribution in [2.45, 2.75) is 33.7 Å². The predicted octanol–water partition coefficient (Wildman–Crippen LogP) is 2.87. The molecule has 0 spiro atoms.